The molecule has 23 heavy (non-hydrogen) atoms. The number of benzene rings is 1. The van der Waals surface area contributed by atoms with E-state index in [4.69, 9.17) is 0 Å². The van der Waals surface area contributed by atoms with E-state index in [0.717, 1.165) is 0 Å². The van der Waals surface area contributed by atoms with E-state index in [2.05, 4.69) is 4.74 Å². The smallest absolute Gasteiger partial charge is 0.319 e. The molecule has 1 aromatic carbocycles. The Labute approximate surface area is 129 Å². The molecule has 1 saturated heterocycles. The van der Waals surface area contributed by atoms with E-state index in [9.17, 15) is 27.2 Å². The van der Waals surface area contributed by atoms with Crippen LogP contribution in [0.5, 0.6) is 0 Å². The molecule has 5 nitrogen and oxygen atoms in total. The first-order chi connectivity index (χ1) is 10.8. The second kappa shape index (κ2) is 6.95. The fraction of sp³-hybridized carbons (Fsp3) is 0.429. The van der Waals surface area contributed by atoms with Gasteiger partial charge in [0.2, 0.25) is 0 Å². The normalized spacial score (nSPS) is 15.6. The number of hydrogen-bond donors (Lipinski definition) is 0. The van der Waals surface area contributed by atoms with Crippen molar-refractivity contribution in [2.75, 3.05) is 39.8 Å². The number of halogens is 4. The molecular weight excluding hydrogens is 320 g/mol. The highest BCUT2D eigenvalue weighted by molar-refractivity contribution is 5.94. The van der Waals surface area contributed by atoms with E-state index in [1.165, 1.54) is 12.0 Å². The Balaban J connectivity index is 2.07. The predicted octanol–water partition coefficient (Wildman–Crippen LogP) is 1.17. The second-order valence-corrected chi connectivity index (χ2v) is 4.99. The molecule has 1 heterocycles. The molecule has 0 bridgehead atoms. The number of rotatable bonds is 3. The molecule has 0 aromatic heterocycles. The van der Waals surface area contributed by atoms with Crippen LogP contribution in [0.15, 0.2) is 6.07 Å². The summed E-state index contributed by atoms with van der Waals surface area (Å²) in [6.07, 6.45) is 0. The number of nitrogens with zero attached hydrogens (tertiary/aromatic N) is 2. The third-order valence-corrected chi connectivity index (χ3v) is 3.57. The molecule has 0 aliphatic carbocycles. The average molecular weight is 334 g/mol. The first-order valence-electron chi connectivity index (χ1n) is 6.76. The van der Waals surface area contributed by atoms with Crippen LogP contribution < -0.4 is 0 Å². The lowest BCUT2D eigenvalue weighted by molar-refractivity contribution is -0.142. The van der Waals surface area contributed by atoms with Gasteiger partial charge in [-0.05, 0) is 6.07 Å². The molecule has 2 rings (SSSR count). The standard InChI is InChI=1S/C14H14F4N2O3/c1-23-10(21)7-19-2-4-20(5-3-19)14(22)8-6-9(15)12(17)13(18)11(8)16/h6H,2-5,7H2,1H3. The highest BCUT2D eigenvalue weighted by atomic mass is 19.2. The van der Waals surface area contributed by atoms with Crippen LogP contribution in [0.2, 0.25) is 0 Å². The van der Waals surface area contributed by atoms with Crippen LogP contribution in [-0.4, -0.2) is 61.5 Å². The van der Waals surface area contributed by atoms with Gasteiger partial charge < -0.3 is 9.64 Å². The van der Waals surface area contributed by atoms with Crippen molar-refractivity contribution < 1.29 is 31.9 Å². The van der Waals surface area contributed by atoms with Gasteiger partial charge >= 0.3 is 5.97 Å². The van der Waals surface area contributed by atoms with Crippen molar-refractivity contribution in [3.63, 3.8) is 0 Å². The van der Waals surface area contributed by atoms with Gasteiger partial charge in [-0.15, -0.1) is 0 Å². The van der Waals surface area contributed by atoms with Crippen LogP contribution in [0, 0.1) is 23.3 Å². The fourth-order valence-electron chi connectivity index (χ4n) is 2.26. The molecule has 126 valence electrons. The van der Waals surface area contributed by atoms with Crippen molar-refractivity contribution in [3.8, 4) is 0 Å². The monoisotopic (exact) mass is 334 g/mol. The van der Waals surface area contributed by atoms with E-state index in [-0.39, 0.29) is 19.6 Å². The van der Waals surface area contributed by atoms with Crippen LogP contribution in [0.1, 0.15) is 10.4 Å². The summed E-state index contributed by atoms with van der Waals surface area (Å²) in [6, 6.07) is 0.344. The van der Waals surface area contributed by atoms with Gasteiger partial charge in [0.05, 0.1) is 19.2 Å². The molecule has 1 aromatic rings. The SMILES string of the molecule is COC(=O)CN1CCN(C(=O)c2cc(F)c(F)c(F)c2F)CC1. The van der Waals surface area contributed by atoms with Gasteiger partial charge in [0.1, 0.15) is 0 Å². The average Bonchev–Trinajstić information content (AvgIpc) is 2.56. The summed E-state index contributed by atoms with van der Waals surface area (Å²) < 4.78 is 57.5. The molecule has 1 aliphatic heterocycles. The number of esters is 1. The Kier molecular flexibility index (Phi) is 5.19. The third-order valence-electron chi connectivity index (χ3n) is 3.57. The Morgan fingerprint density at radius 2 is 1.65 bits per heavy atom. The van der Waals surface area contributed by atoms with Gasteiger partial charge in [0, 0.05) is 26.2 Å². The van der Waals surface area contributed by atoms with Crippen molar-refractivity contribution in [2.45, 2.75) is 0 Å². The zero-order chi connectivity index (χ0) is 17.1. The highest BCUT2D eigenvalue weighted by Gasteiger charge is 2.28. The summed E-state index contributed by atoms with van der Waals surface area (Å²) in [5.41, 5.74) is -0.859. The first-order valence-corrected chi connectivity index (χ1v) is 6.76. The van der Waals surface area contributed by atoms with E-state index in [1.54, 1.807) is 4.90 Å². The van der Waals surface area contributed by atoms with Crippen molar-refractivity contribution in [1.82, 2.24) is 9.80 Å². The molecule has 1 fully saturated rings. The minimum absolute atomic E-state index is 0.0483. The maximum atomic E-state index is 13.6. The zero-order valence-corrected chi connectivity index (χ0v) is 12.2. The Bertz CT molecular complexity index is 631. The number of carbonyl (C=O) groups excluding carboxylic acids is 2. The van der Waals surface area contributed by atoms with E-state index in [1.807, 2.05) is 0 Å². The number of amides is 1. The van der Waals surface area contributed by atoms with Crippen LogP contribution in [-0.2, 0) is 9.53 Å². The van der Waals surface area contributed by atoms with Crippen molar-refractivity contribution in [2.24, 2.45) is 0 Å². The summed E-state index contributed by atoms with van der Waals surface area (Å²) in [5.74, 6) is -8.68. The Hall–Kier alpha value is -2.16. The summed E-state index contributed by atoms with van der Waals surface area (Å²) in [4.78, 5) is 26.2. The third kappa shape index (κ3) is 3.61. The number of piperazine rings is 1. The Morgan fingerprint density at radius 3 is 2.22 bits per heavy atom. The molecule has 1 amide bonds. The maximum absolute atomic E-state index is 13.6. The fourth-order valence-corrected chi connectivity index (χ4v) is 2.26. The summed E-state index contributed by atoms with van der Waals surface area (Å²) >= 11 is 0. The van der Waals surface area contributed by atoms with Crippen LogP contribution in [0.3, 0.4) is 0 Å². The van der Waals surface area contributed by atoms with E-state index in [0.29, 0.717) is 19.2 Å². The number of ether oxygens (including phenoxy) is 1. The largest absolute Gasteiger partial charge is 0.468 e. The quantitative estimate of drug-likeness (QED) is 0.360. The summed E-state index contributed by atoms with van der Waals surface area (Å²) in [6.45, 7) is 0.946. The van der Waals surface area contributed by atoms with Gasteiger partial charge in [-0.25, -0.2) is 17.6 Å². The van der Waals surface area contributed by atoms with Gasteiger partial charge in [0.15, 0.2) is 23.3 Å². The van der Waals surface area contributed by atoms with E-state index >= 15 is 0 Å². The molecule has 1 aliphatic rings. The van der Waals surface area contributed by atoms with Gasteiger partial charge in [-0.3, -0.25) is 14.5 Å². The van der Waals surface area contributed by atoms with Gasteiger partial charge in [0.25, 0.3) is 5.91 Å². The maximum Gasteiger partial charge on any atom is 0.319 e. The molecule has 0 unspecified atom stereocenters. The molecule has 0 radical (unpaired) electrons. The second-order valence-electron chi connectivity index (χ2n) is 4.99. The molecule has 0 N–H and O–H groups in total. The lowest BCUT2D eigenvalue weighted by Gasteiger charge is -2.34. The van der Waals surface area contributed by atoms with Crippen molar-refractivity contribution in [3.05, 3.63) is 34.9 Å². The van der Waals surface area contributed by atoms with Crippen LogP contribution in [0.25, 0.3) is 0 Å². The van der Waals surface area contributed by atoms with Crippen LogP contribution in [0.4, 0.5) is 17.6 Å². The Morgan fingerprint density at radius 1 is 1.04 bits per heavy atom. The topological polar surface area (TPSA) is 49.9 Å². The minimum atomic E-state index is -2.02. The number of hydrogen-bond acceptors (Lipinski definition) is 4. The summed E-state index contributed by atoms with van der Waals surface area (Å²) in [5, 5.41) is 0. The predicted molar refractivity (Wildman–Crippen MR) is 70.6 cm³/mol. The molecular formula is C14H14F4N2O3. The molecule has 0 saturated carbocycles. The molecule has 0 spiro atoms. The minimum Gasteiger partial charge on any atom is -0.468 e. The molecule has 0 atom stereocenters. The van der Waals surface area contributed by atoms with E-state index < -0.39 is 40.7 Å². The van der Waals surface area contributed by atoms with Crippen LogP contribution >= 0.6 is 0 Å². The lowest BCUT2D eigenvalue weighted by Crippen LogP contribution is -2.50. The van der Waals surface area contributed by atoms with Gasteiger partial charge in [-0.2, -0.15) is 0 Å². The van der Waals surface area contributed by atoms with Crippen molar-refractivity contribution in [1.29, 1.82) is 0 Å². The lowest BCUT2D eigenvalue weighted by atomic mass is 10.1. The van der Waals surface area contributed by atoms with Gasteiger partial charge in [-0.1, -0.05) is 0 Å². The number of methoxy groups -OCH3 is 1. The number of carbonyl (C=O) groups is 2. The first kappa shape index (κ1) is 17.2. The summed E-state index contributed by atoms with van der Waals surface area (Å²) in [7, 11) is 1.25. The zero-order valence-electron chi connectivity index (χ0n) is 12.2. The molecule has 9 heteroatoms. The highest BCUT2D eigenvalue weighted by Crippen LogP contribution is 2.20. The van der Waals surface area contributed by atoms with Crippen molar-refractivity contribution >= 4 is 11.9 Å².